The van der Waals surface area contributed by atoms with Gasteiger partial charge in [0.2, 0.25) is 5.91 Å². The van der Waals surface area contributed by atoms with Crippen molar-refractivity contribution in [1.29, 1.82) is 0 Å². The number of hydrogen-bond donors (Lipinski definition) is 1. The molecule has 0 radical (unpaired) electrons. The van der Waals surface area contributed by atoms with Gasteiger partial charge in [0.1, 0.15) is 0 Å². The van der Waals surface area contributed by atoms with Gasteiger partial charge < -0.3 is 4.74 Å². The minimum atomic E-state index is -4.86. The Kier molecular flexibility index (Phi) is 3.56. The van der Waals surface area contributed by atoms with Gasteiger partial charge in [0.15, 0.2) is 5.75 Å². The summed E-state index contributed by atoms with van der Waals surface area (Å²) in [5, 5.41) is 2.05. The van der Waals surface area contributed by atoms with Gasteiger partial charge in [-0.2, -0.15) is 0 Å². The molecule has 0 aliphatic carbocycles. The number of rotatable bonds is 2. The molecule has 0 atom stereocenters. The van der Waals surface area contributed by atoms with Gasteiger partial charge in [-0.3, -0.25) is 15.0 Å². The van der Waals surface area contributed by atoms with E-state index in [2.05, 4.69) is 4.74 Å². The molecule has 3 amide bonds. The minimum Gasteiger partial charge on any atom is -0.404 e. The third kappa shape index (κ3) is 3.19. The second-order valence-corrected chi connectivity index (χ2v) is 4.27. The summed E-state index contributed by atoms with van der Waals surface area (Å²) in [6.45, 7) is 1.68. The van der Waals surface area contributed by atoms with Crippen LogP contribution < -0.4 is 15.0 Å². The Morgan fingerprint density at radius 3 is 2.60 bits per heavy atom. The molecule has 0 aromatic heterocycles. The summed E-state index contributed by atoms with van der Waals surface area (Å²) in [7, 11) is 0. The van der Waals surface area contributed by atoms with E-state index in [9.17, 15) is 22.8 Å². The highest BCUT2D eigenvalue weighted by molar-refractivity contribution is 6.06. The normalized spacial score (nSPS) is 16.1. The Bertz CT molecular complexity index is 557. The third-order valence-corrected chi connectivity index (χ3v) is 2.68. The van der Waals surface area contributed by atoms with E-state index in [1.807, 2.05) is 5.32 Å². The number of nitrogens with zero attached hydrogens (tertiary/aromatic N) is 1. The number of aryl methyl sites for hydroxylation is 1. The molecule has 1 aliphatic rings. The van der Waals surface area contributed by atoms with Crippen LogP contribution >= 0.6 is 0 Å². The summed E-state index contributed by atoms with van der Waals surface area (Å²) in [5.74, 6) is -0.940. The standard InChI is InChI=1S/C12H11F3N2O3/c1-7-2-3-9(20-12(13,14)15)8(6-7)17-5-4-10(18)16-11(17)19/h2-3,6H,4-5H2,1H3,(H,16,18,19). The second-order valence-electron chi connectivity index (χ2n) is 4.27. The largest absolute Gasteiger partial charge is 0.573 e. The average molecular weight is 288 g/mol. The quantitative estimate of drug-likeness (QED) is 0.908. The van der Waals surface area contributed by atoms with E-state index in [1.54, 1.807) is 6.92 Å². The zero-order chi connectivity index (χ0) is 14.9. The van der Waals surface area contributed by atoms with Crippen LogP contribution in [0.15, 0.2) is 18.2 Å². The Balaban J connectivity index is 2.36. The summed E-state index contributed by atoms with van der Waals surface area (Å²) >= 11 is 0. The fourth-order valence-electron chi connectivity index (χ4n) is 1.84. The second kappa shape index (κ2) is 5.03. The molecule has 1 N–H and O–H groups in total. The first kappa shape index (κ1) is 14.2. The summed E-state index contributed by atoms with van der Waals surface area (Å²) in [4.78, 5) is 23.8. The molecular weight excluding hydrogens is 277 g/mol. The van der Waals surface area contributed by atoms with E-state index in [-0.39, 0.29) is 18.7 Å². The topological polar surface area (TPSA) is 58.6 Å². The average Bonchev–Trinajstić information content (AvgIpc) is 2.30. The lowest BCUT2D eigenvalue weighted by Gasteiger charge is -2.28. The van der Waals surface area contributed by atoms with Crippen LogP contribution in [-0.4, -0.2) is 24.8 Å². The van der Waals surface area contributed by atoms with Crippen molar-refractivity contribution in [2.45, 2.75) is 19.7 Å². The number of hydrogen-bond acceptors (Lipinski definition) is 3. The number of carbonyl (C=O) groups is 2. The van der Waals surface area contributed by atoms with Crippen LogP contribution in [0.25, 0.3) is 0 Å². The van der Waals surface area contributed by atoms with E-state index < -0.39 is 24.1 Å². The van der Waals surface area contributed by atoms with Crippen LogP contribution in [0.1, 0.15) is 12.0 Å². The maximum absolute atomic E-state index is 12.4. The van der Waals surface area contributed by atoms with Crippen LogP contribution in [0.2, 0.25) is 0 Å². The lowest BCUT2D eigenvalue weighted by Crippen LogP contribution is -2.49. The minimum absolute atomic E-state index is 0.00232. The number of carbonyl (C=O) groups excluding carboxylic acids is 2. The van der Waals surface area contributed by atoms with Crippen molar-refractivity contribution in [1.82, 2.24) is 5.32 Å². The zero-order valence-corrected chi connectivity index (χ0v) is 10.5. The molecule has 1 saturated heterocycles. The predicted molar refractivity (Wildman–Crippen MR) is 63.4 cm³/mol. The molecule has 2 rings (SSSR count). The molecule has 108 valence electrons. The Labute approximate surface area is 112 Å². The van der Waals surface area contributed by atoms with Gasteiger partial charge >= 0.3 is 12.4 Å². The Hall–Kier alpha value is -2.25. The molecule has 5 nitrogen and oxygen atoms in total. The van der Waals surface area contributed by atoms with Crippen molar-refractivity contribution in [3.8, 4) is 5.75 Å². The molecule has 1 aromatic carbocycles. The number of amides is 3. The van der Waals surface area contributed by atoms with Crippen molar-refractivity contribution in [2.24, 2.45) is 0 Å². The number of urea groups is 1. The van der Waals surface area contributed by atoms with Crippen molar-refractivity contribution < 1.29 is 27.5 Å². The fraction of sp³-hybridized carbons (Fsp3) is 0.333. The number of halogens is 3. The summed E-state index contributed by atoms with van der Waals surface area (Å²) in [6, 6.07) is 3.22. The van der Waals surface area contributed by atoms with Gasteiger partial charge in [0, 0.05) is 13.0 Å². The lowest BCUT2D eigenvalue weighted by molar-refractivity contribution is -0.274. The van der Waals surface area contributed by atoms with Crippen LogP contribution in [0.5, 0.6) is 5.75 Å². The van der Waals surface area contributed by atoms with E-state index in [0.717, 1.165) is 11.0 Å². The van der Waals surface area contributed by atoms with Crippen LogP contribution in [0.3, 0.4) is 0 Å². The van der Waals surface area contributed by atoms with Crippen molar-refractivity contribution in [3.63, 3.8) is 0 Å². The highest BCUT2D eigenvalue weighted by Gasteiger charge is 2.34. The van der Waals surface area contributed by atoms with Gasteiger partial charge in [0.05, 0.1) is 5.69 Å². The zero-order valence-electron chi connectivity index (χ0n) is 10.5. The van der Waals surface area contributed by atoms with Gasteiger partial charge in [-0.1, -0.05) is 6.07 Å². The predicted octanol–water partition coefficient (Wildman–Crippen LogP) is 2.34. The Morgan fingerprint density at radius 2 is 2.00 bits per heavy atom. The maximum Gasteiger partial charge on any atom is 0.573 e. The molecule has 1 heterocycles. The fourth-order valence-corrected chi connectivity index (χ4v) is 1.84. The first-order valence-corrected chi connectivity index (χ1v) is 5.74. The van der Waals surface area contributed by atoms with Gasteiger partial charge in [-0.25, -0.2) is 4.79 Å². The smallest absolute Gasteiger partial charge is 0.404 e. The number of ether oxygens (including phenoxy) is 1. The number of benzene rings is 1. The van der Waals surface area contributed by atoms with Crippen molar-refractivity contribution >= 4 is 17.6 Å². The maximum atomic E-state index is 12.4. The van der Waals surface area contributed by atoms with E-state index in [1.165, 1.54) is 12.1 Å². The van der Waals surface area contributed by atoms with Crippen LogP contribution in [0.4, 0.5) is 23.7 Å². The molecule has 0 unspecified atom stereocenters. The number of alkyl halides is 3. The van der Waals surface area contributed by atoms with E-state index >= 15 is 0 Å². The van der Waals surface area contributed by atoms with E-state index in [0.29, 0.717) is 5.56 Å². The lowest BCUT2D eigenvalue weighted by atomic mass is 10.1. The summed E-state index contributed by atoms with van der Waals surface area (Å²) < 4.78 is 41.0. The molecule has 0 saturated carbocycles. The molecule has 1 fully saturated rings. The molecule has 8 heteroatoms. The van der Waals surface area contributed by atoms with Crippen molar-refractivity contribution in [3.05, 3.63) is 23.8 Å². The molecule has 20 heavy (non-hydrogen) atoms. The first-order chi connectivity index (χ1) is 9.26. The SMILES string of the molecule is Cc1ccc(OC(F)(F)F)c(N2CCC(=O)NC2=O)c1. The van der Waals surface area contributed by atoms with Gasteiger partial charge in [-0.15, -0.1) is 13.2 Å². The molecular formula is C12H11F3N2O3. The summed E-state index contributed by atoms with van der Waals surface area (Å²) in [6.07, 6.45) is -4.84. The molecule has 1 aliphatic heterocycles. The van der Waals surface area contributed by atoms with Crippen LogP contribution in [-0.2, 0) is 4.79 Å². The molecule has 0 spiro atoms. The van der Waals surface area contributed by atoms with Gasteiger partial charge in [-0.05, 0) is 24.6 Å². The Morgan fingerprint density at radius 1 is 1.30 bits per heavy atom. The van der Waals surface area contributed by atoms with Gasteiger partial charge in [0.25, 0.3) is 0 Å². The molecule has 1 aromatic rings. The highest BCUT2D eigenvalue weighted by atomic mass is 19.4. The van der Waals surface area contributed by atoms with Crippen molar-refractivity contribution in [2.75, 3.05) is 11.4 Å². The molecule has 0 bridgehead atoms. The highest BCUT2D eigenvalue weighted by Crippen LogP contribution is 2.34. The number of imide groups is 1. The monoisotopic (exact) mass is 288 g/mol. The number of anilines is 1. The summed E-state index contributed by atoms with van der Waals surface area (Å²) in [5.41, 5.74) is 0.645. The number of nitrogens with one attached hydrogen (secondary N) is 1. The third-order valence-electron chi connectivity index (χ3n) is 2.68. The van der Waals surface area contributed by atoms with Crippen LogP contribution in [0, 0.1) is 6.92 Å². The van der Waals surface area contributed by atoms with E-state index in [4.69, 9.17) is 0 Å². The first-order valence-electron chi connectivity index (χ1n) is 5.74.